The molecule has 4 heterocycles. The molecule has 4 aromatic rings. The number of rotatable bonds is 5. The third-order valence-electron chi connectivity index (χ3n) is 6.22. The second kappa shape index (κ2) is 10.1. The number of anilines is 3. The fourth-order valence-electron chi connectivity index (χ4n) is 4.39. The summed E-state index contributed by atoms with van der Waals surface area (Å²) >= 11 is 0. The van der Waals surface area contributed by atoms with Crippen LogP contribution in [-0.4, -0.2) is 59.3 Å². The number of amides is 1. The van der Waals surface area contributed by atoms with Gasteiger partial charge >= 0.3 is 6.01 Å². The van der Waals surface area contributed by atoms with Crippen molar-refractivity contribution in [3.63, 3.8) is 0 Å². The highest BCUT2D eigenvalue weighted by atomic mass is 16.5. The van der Waals surface area contributed by atoms with Crippen molar-refractivity contribution in [1.29, 1.82) is 5.26 Å². The molecule has 0 bridgehead atoms. The van der Waals surface area contributed by atoms with Crippen molar-refractivity contribution >= 4 is 29.1 Å². The molecule has 0 aliphatic carbocycles. The van der Waals surface area contributed by atoms with Gasteiger partial charge in [0.2, 0.25) is 6.17 Å². The van der Waals surface area contributed by atoms with Crippen molar-refractivity contribution < 1.29 is 13.9 Å². The molecule has 2 aliphatic rings. The molecule has 1 unspecified atom stereocenters. The van der Waals surface area contributed by atoms with Gasteiger partial charge in [-0.25, -0.2) is 9.98 Å². The van der Waals surface area contributed by atoms with E-state index in [0.717, 1.165) is 11.1 Å². The minimum atomic E-state index is -1.03. The first-order valence-corrected chi connectivity index (χ1v) is 12.1. The molecule has 1 atom stereocenters. The summed E-state index contributed by atoms with van der Waals surface area (Å²) in [6.45, 7) is 2.42. The second-order valence-corrected chi connectivity index (χ2v) is 8.64. The number of nitrogens with one attached hydrogen (secondary N) is 2. The number of hydrogen-bond acceptors (Lipinski definition) is 10. The molecular formula is C27H22N8O3. The number of morpholine rings is 1. The van der Waals surface area contributed by atoms with E-state index < -0.39 is 6.17 Å². The zero-order valence-corrected chi connectivity index (χ0v) is 20.2. The predicted molar refractivity (Wildman–Crippen MR) is 140 cm³/mol. The molecule has 11 heteroatoms. The molecule has 0 radical (unpaired) electrons. The number of carbonyl (C=O) groups excluding carboxylic acids is 1. The summed E-state index contributed by atoms with van der Waals surface area (Å²) in [5, 5.41) is 23.6. The van der Waals surface area contributed by atoms with E-state index >= 15 is 0 Å². The Hall–Kier alpha value is -5.08. The fourth-order valence-corrected chi connectivity index (χ4v) is 4.39. The summed E-state index contributed by atoms with van der Waals surface area (Å²) in [5.41, 5.74) is 3.86. The standard InChI is InChI=1S/C27H22N8O3/c28-15-17-14-20(24(29-16-17)35-10-12-37-13-11-35)26-33-34-27(38-26)32-23-25(36)30-21-9-5-4-8-19(21)22(31-23)18-6-2-1-3-7-18/h1-9,14,16,23H,10-13H2,(H,30,36)(H,32,34). The maximum atomic E-state index is 13.1. The Kier molecular flexibility index (Phi) is 6.21. The molecule has 11 nitrogen and oxygen atoms in total. The third-order valence-corrected chi connectivity index (χ3v) is 6.22. The Morgan fingerprint density at radius 1 is 1.03 bits per heavy atom. The first kappa shape index (κ1) is 23.3. The van der Waals surface area contributed by atoms with E-state index in [9.17, 15) is 10.1 Å². The van der Waals surface area contributed by atoms with E-state index in [1.165, 1.54) is 6.20 Å². The zero-order valence-electron chi connectivity index (χ0n) is 20.2. The van der Waals surface area contributed by atoms with Gasteiger partial charge in [0.15, 0.2) is 0 Å². The number of ether oxygens (including phenoxy) is 1. The second-order valence-electron chi connectivity index (χ2n) is 8.64. The third kappa shape index (κ3) is 4.56. The van der Waals surface area contributed by atoms with Gasteiger partial charge in [0.1, 0.15) is 11.9 Å². The molecule has 1 amide bonds. The van der Waals surface area contributed by atoms with Gasteiger partial charge in [-0.1, -0.05) is 53.6 Å². The van der Waals surface area contributed by atoms with Gasteiger partial charge in [-0.3, -0.25) is 4.79 Å². The van der Waals surface area contributed by atoms with Crippen molar-refractivity contribution in [2.45, 2.75) is 6.17 Å². The molecule has 2 N–H and O–H groups in total. The van der Waals surface area contributed by atoms with Gasteiger partial charge in [-0.2, -0.15) is 5.26 Å². The average Bonchev–Trinajstić information content (AvgIpc) is 3.39. The Morgan fingerprint density at radius 2 is 1.82 bits per heavy atom. The molecule has 188 valence electrons. The molecule has 1 saturated heterocycles. The molecule has 38 heavy (non-hydrogen) atoms. The van der Waals surface area contributed by atoms with E-state index in [2.05, 4.69) is 31.9 Å². The van der Waals surface area contributed by atoms with Crippen LogP contribution in [0.2, 0.25) is 0 Å². The Morgan fingerprint density at radius 3 is 2.63 bits per heavy atom. The van der Waals surface area contributed by atoms with E-state index in [4.69, 9.17) is 14.1 Å². The number of aliphatic imine (C=N–C) groups is 1. The van der Waals surface area contributed by atoms with Crippen molar-refractivity contribution in [3.8, 4) is 17.5 Å². The van der Waals surface area contributed by atoms with Crippen molar-refractivity contribution in [2.24, 2.45) is 4.99 Å². The molecule has 1 fully saturated rings. The number of fused-ring (bicyclic) bond motifs is 1. The van der Waals surface area contributed by atoms with E-state index in [0.29, 0.717) is 54.6 Å². The molecule has 0 saturated carbocycles. The largest absolute Gasteiger partial charge is 0.403 e. The van der Waals surface area contributed by atoms with Gasteiger partial charge in [0.05, 0.1) is 35.7 Å². The lowest BCUT2D eigenvalue weighted by atomic mass is 10.0. The van der Waals surface area contributed by atoms with E-state index in [1.807, 2.05) is 59.5 Å². The SMILES string of the molecule is N#Cc1cnc(N2CCOCC2)c(-c2nnc(NC3N=C(c4ccccc4)c4ccccc4NC3=O)o2)c1. The summed E-state index contributed by atoms with van der Waals surface area (Å²) < 4.78 is 11.4. The van der Waals surface area contributed by atoms with E-state index in [-0.39, 0.29) is 17.8 Å². The monoisotopic (exact) mass is 506 g/mol. The van der Waals surface area contributed by atoms with Crippen LogP contribution in [0.5, 0.6) is 0 Å². The fraction of sp³-hybridized carbons (Fsp3) is 0.185. The summed E-state index contributed by atoms with van der Waals surface area (Å²) in [6, 6.07) is 20.9. The van der Waals surface area contributed by atoms with Gasteiger partial charge in [0.25, 0.3) is 11.8 Å². The maximum Gasteiger partial charge on any atom is 0.317 e. The lowest BCUT2D eigenvalue weighted by Gasteiger charge is -2.28. The number of aromatic nitrogens is 3. The van der Waals surface area contributed by atoms with Crippen LogP contribution in [0.1, 0.15) is 16.7 Å². The topological polar surface area (TPSA) is 142 Å². The molecule has 2 aromatic heterocycles. The van der Waals surface area contributed by atoms with Crippen LogP contribution in [0.3, 0.4) is 0 Å². The van der Waals surface area contributed by atoms with Crippen LogP contribution >= 0.6 is 0 Å². The van der Waals surface area contributed by atoms with E-state index in [1.54, 1.807) is 6.07 Å². The lowest BCUT2D eigenvalue weighted by Crippen LogP contribution is -2.37. The first-order valence-electron chi connectivity index (χ1n) is 12.1. The minimum Gasteiger partial charge on any atom is -0.403 e. The Labute approximate surface area is 217 Å². The summed E-state index contributed by atoms with van der Waals surface area (Å²) in [4.78, 5) is 24.4. The van der Waals surface area contributed by atoms with Crippen molar-refractivity contribution in [1.82, 2.24) is 15.2 Å². The van der Waals surface area contributed by atoms with Crippen LogP contribution in [0, 0.1) is 11.3 Å². The number of para-hydroxylation sites is 1. The normalized spacial score (nSPS) is 17.0. The van der Waals surface area contributed by atoms with Crippen molar-refractivity contribution in [3.05, 3.63) is 83.6 Å². The lowest BCUT2D eigenvalue weighted by molar-refractivity contribution is -0.116. The first-order chi connectivity index (χ1) is 18.7. The Bertz CT molecular complexity index is 1550. The minimum absolute atomic E-state index is 0.0116. The Balaban J connectivity index is 1.34. The van der Waals surface area contributed by atoms with Gasteiger partial charge in [-0.15, -0.1) is 5.10 Å². The van der Waals surface area contributed by atoms with Gasteiger partial charge in [-0.05, 0) is 12.1 Å². The highest BCUT2D eigenvalue weighted by Gasteiger charge is 2.28. The number of hydrogen-bond donors (Lipinski definition) is 2. The molecule has 6 rings (SSSR count). The van der Waals surface area contributed by atoms with Crippen LogP contribution in [0.4, 0.5) is 17.5 Å². The molecular weight excluding hydrogens is 484 g/mol. The molecule has 2 aromatic carbocycles. The van der Waals surface area contributed by atoms with Crippen LogP contribution in [0.15, 0.2) is 76.3 Å². The highest BCUT2D eigenvalue weighted by Crippen LogP contribution is 2.31. The number of benzodiazepines with no additional fused rings is 1. The molecule has 0 spiro atoms. The highest BCUT2D eigenvalue weighted by molar-refractivity contribution is 6.19. The predicted octanol–water partition coefficient (Wildman–Crippen LogP) is 3.07. The number of nitriles is 1. The van der Waals surface area contributed by atoms with Crippen LogP contribution in [0.25, 0.3) is 11.5 Å². The maximum absolute atomic E-state index is 13.1. The average molecular weight is 507 g/mol. The quantitative estimate of drug-likeness (QED) is 0.418. The van der Waals surface area contributed by atoms with Gasteiger partial charge in [0, 0.05) is 30.4 Å². The zero-order chi connectivity index (χ0) is 25.9. The summed E-state index contributed by atoms with van der Waals surface area (Å²) in [7, 11) is 0. The smallest absolute Gasteiger partial charge is 0.317 e. The number of pyridine rings is 1. The summed E-state index contributed by atoms with van der Waals surface area (Å²) in [5.74, 6) is 0.419. The number of nitrogens with zero attached hydrogens (tertiary/aromatic N) is 6. The van der Waals surface area contributed by atoms with Crippen LogP contribution in [-0.2, 0) is 9.53 Å². The summed E-state index contributed by atoms with van der Waals surface area (Å²) in [6.07, 6.45) is 0.477. The number of carbonyl (C=O) groups is 1. The van der Waals surface area contributed by atoms with Crippen LogP contribution < -0.4 is 15.5 Å². The molecule has 2 aliphatic heterocycles. The van der Waals surface area contributed by atoms with Gasteiger partial charge < -0.3 is 24.7 Å². The van der Waals surface area contributed by atoms with Crippen molar-refractivity contribution in [2.75, 3.05) is 41.8 Å². The number of benzene rings is 2.